The first kappa shape index (κ1) is 20.9. The number of carbonyl (C=O) groups excluding carboxylic acids is 2. The fraction of sp³-hybridized carbons (Fsp3) is 0.300. The van der Waals surface area contributed by atoms with Crippen molar-refractivity contribution in [2.75, 3.05) is 25.1 Å². The van der Waals surface area contributed by atoms with E-state index in [1.807, 2.05) is 30.3 Å². The SMILES string of the molecule is Cl.O=C(CC1COCCN1)Nc1ccccc1C(=O)NCc1ccccc1. The van der Waals surface area contributed by atoms with Gasteiger partial charge in [0.05, 0.1) is 24.5 Å². The second kappa shape index (κ2) is 10.7. The van der Waals surface area contributed by atoms with Gasteiger partial charge in [0.25, 0.3) is 5.91 Å². The van der Waals surface area contributed by atoms with Crippen LogP contribution in [-0.2, 0) is 16.1 Å². The van der Waals surface area contributed by atoms with Crippen molar-refractivity contribution >= 4 is 29.9 Å². The monoisotopic (exact) mass is 389 g/mol. The Morgan fingerprint density at radius 2 is 1.81 bits per heavy atom. The van der Waals surface area contributed by atoms with E-state index in [0.29, 0.717) is 37.4 Å². The van der Waals surface area contributed by atoms with Gasteiger partial charge < -0.3 is 20.7 Å². The first-order valence-electron chi connectivity index (χ1n) is 8.74. The number of nitrogens with one attached hydrogen (secondary N) is 3. The number of para-hydroxylation sites is 1. The maximum atomic E-state index is 12.5. The van der Waals surface area contributed by atoms with Gasteiger partial charge >= 0.3 is 0 Å². The van der Waals surface area contributed by atoms with E-state index < -0.39 is 0 Å². The molecule has 0 aliphatic carbocycles. The summed E-state index contributed by atoms with van der Waals surface area (Å²) in [6, 6.07) is 16.7. The Balaban J connectivity index is 0.00000261. The lowest BCUT2D eigenvalue weighted by Gasteiger charge is -2.23. The lowest BCUT2D eigenvalue weighted by molar-refractivity contribution is -0.117. The molecule has 0 saturated carbocycles. The third-order valence-corrected chi connectivity index (χ3v) is 4.17. The number of carbonyl (C=O) groups is 2. The molecule has 7 heteroatoms. The molecule has 3 N–H and O–H groups in total. The van der Waals surface area contributed by atoms with E-state index in [1.165, 1.54) is 0 Å². The molecule has 1 aliphatic rings. The van der Waals surface area contributed by atoms with Gasteiger partial charge in [-0.25, -0.2) is 0 Å². The molecule has 2 aromatic rings. The van der Waals surface area contributed by atoms with Gasteiger partial charge in [0.1, 0.15) is 0 Å². The Labute approximate surface area is 165 Å². The Morgan fingerprint density at radius 1 is 1.07 bits per heavy atom. The lowest BCUT2D eigenvalue weighted by atomic mass is 10.1. The number of hydrogen-bond donors (Lipinski definition) is 3. The van der Waals surface area contributed by atoms with Crippen LogP contribution in [0.4, 0.5) is 5.69 Å². The average molecular weight is 390 g/mol. The summed E-state index contributed by atoms with van der Waals surface area (Å²) >= 11 is 0. The summed E-state index contributed by atoms with van der Waals surface area (Å²) in [6.45, 7) is 2.37. The highest BCUT2D eigenvalue weighted by Gasteiger charge is 2.18. The van der Waals surface area contributed by atoms with Gasteiger partial charge in [0.2, 0.25) is 5.91 Å². The standard InChI is InChI=1S/C20H23N3O3.ClH/c24-19(12-16-14-26-11-10-21-16)23-18-9-5-4-8-17(18)20(25)22-13-15-6-2-1-3-7-15;/h1-9,16,21H,10-14H2,(H,22,25)(H,23,24);1H. The first-order chi connectivity index (χ1) is 12.7. The number of hydrogen-bond acceptors (Lipinski definition) is 4. The van der Waals surface area contributed by atoms with Crippen LogP contribution in [0.2, 0.25) is 0 Å². The highest BCUT2D eigenvalue weighted by Crippen LogP contribution is 2.16. The van der Waals surface area contributed by atoms with Gasteiger partial charge in [-0.05, 0) is 17.7 Å². The molecule has 1 atom stereocenters. The van der Waals surface area contributed by atoms with Gasteiger partial charge in [0.15, 0.2) is 0 Å². The van der Waals surface area contributed by atoms with Crippen molar-refractivity contribution in [3.63, 3.8) is 0 Å². The van der Waals surface area contributed by atoms with E-state index in [2.05, 4.69) is 16.0 Å². The van der Waals surface area contributed by atoms with Crippen molar-refractivity contribution < 1.29 is 14.3 Å². The quantitative estimate of drug-likeness (QED) is 0.708. The molecular weight excluding hydrogens is 366 g/mol. The van der Waals surface area contributed by atoms with E-state index in [-0.39, 0.29) is 30.3 Å². The minimum atomic E-state index is -0.219. The molecular formula is C20H24ClN3O3. The fourth-order valence-corrected chi connectivity index (χ4v) is 2.84. The smallest absolute Gasteiger partial charge is 0.253 e. The number of ether oxygens (including phenoxy) is 1. The van der Waals surface area contributed by atoms with Crippen LogP contribution in [0.1, 0.15) is 22.3 Å². The molecule has 1 heterocycles. The van der Waals surface area contributed by atoms with E-state index in [0.717, 1.165) is 12.1 Å². The molecule has 6 nitrogen and oxygen atoms in total. The summed E-state index contributed by atoms with van der Waals surface area (Å²) in [4.78, 5) is 24.8. The van der Waals surface area contributed by atoms with Crippen molar-refractivity contribution in [1.29, 1.82) is 0 Å². The molecule has 0 bridgehead atoms. The van der Waals surface area contributed by atoms with Crippen molar-refractivity contribution in [2.45, 2.75) is 19.0 Å². The molecule has 0 radical (unpaired) electrons. The van der Waals surface area contributed by atoms with E-state index in [4.69, 9.17) is 4.74 Å². The average Bonchev–Trinajstić information content (AvgIpc) is 2.68. The Morgan fingerprint density at radius 3 is 2.56 bits per heavy atom. The largest absolute Gasteiger partial charge is 0.378 e. The second-order valence-corrected chi connectivity index (χ2v) is 6.19. The van der Waals surface area contributed by atoms with Crippen molar-refractivity contribution in [3.8, 4) is 0 Å². The highest BCUT2D eigenvalue weighted by molar-refractivity contribution is 6.03. The maximum absolute atomic E-state index is 12.5. The predicted octanol–water partition coefficient (Wildman–Crippen LogP) is 2.36. The molecule has 27 heavy (non-hydrogen) atoms. The summed E-state index contributed by atoms with van der Waals surface area (Å²) in [5.41, 5.74) is 1.98. The van der Waals surface area contributed by atoms with Crippen LogP contribution in [-0.4, -0.2) is 37.6 Å². The third kappa shape index (κ3) is 6.36. The van der Waals surface area contributed by atoms with Crippen LogP contribution in [0.3, 0.4) is 0 Å². The zero-order chi connectivity index (χ0) is 18.2. The Kier molecular flexibility index (Phi) is 8.26. The summed E-state index contributed by atoms with van der Waals surface area (Å²) in [5.74, 6) is -0.361. The van der Waals surface area contributed by atoms with E-state index in [9.17, 15) is 9.59 Å². The molecule has 0 spiro atoms. The van der Waals surface area contributed by atoms with Crippen LogP contribution < -0.4 is 16.0 Å². The summed E-state index contributed by atoms with van der Waals surface area (Å²) in [6.07, 6.45) is 0.306. The lowest BCUT2D eigenvalue weighted by Crippen LogP contribution is -2.43. The normalized spacial score (nSPS) is 16.1. The highest BCUT2D eigenvalue weighted by atomic mass is 35.5. The number of halogens is 1. The Hall–Kier alpha value is -2.41. The van der Waals surface area contributed by atoms with E-state index in [1.54, 1.807) is 24.3 Å². The number of morpholine rings is 1. The van der Waals surface area contributed by atoms with Gasteiger partial charge in [-0.1, -0.05) is 42.5 Å². The van der Waals surface area contributed by atoms with Crippen LogP contribution in [0.5, 0.6) is 0 Å². The summed E-state index contributed by atoms with van der Waals surface area (Å²) in [5, 5.41) is 8.98. The summed E-state index contributed by atoms with van der Waals surface area (Å²) in [7, 11) is 0. The molecule has 1 aliphatic heterocycles. The molecule has 2 amide bonds. The Bertz CT molecular complexity index is 749. The van der Waals surface area contributed by atoms with Crippen LogP contribution in [0, 0.1) is 0 Å². The molecule has 1 fully saturated rings. The first-order valence-corrected chi connectivity index (χ1v) is 8.74. The van der Waals surface area contributed by atoms with Gasteiger partial charge in [0, 0.05) is 25.6 Å². The zero-order valence-electron chi connectivity index (χ0n) is 14.9. The molecule has 3 rings (SSSR count). The van der Waals surface area contributed by atoms with E-state index >= 15 is 0 Å². The number of amides is 2. The van der Waals surface area contributed by atoms with Crippen molar-refractivity contribution in [2.24, 2.45) is 0 Å². The van der Waals surface area contributed by atoms with Crippen LogP contribution in [0.15, 0.2) is 54.6 Å². The molecule has 2 aromatic carbocycles. The van der Waals surface area contributed by atoms with Crippen LogP contribution in [0.25, 0.3) is 0 Å². The fourth-order valence-electron chi connectivity index (χ4n) is 2.84. The second-order valence-electron chi connectivity index (χ2n) is 6.19. The minimum absolute atomic E-state index is 0. The molecule has 0 aromatic heterocycles. The molecule has 1 saturated heterocycles. The van der Waals surface area contributed by atoms with Crippen molar-refractivity contribution in [3.05, 3.63) is 65.7 Å². The summed E-state index contributed by atoms with van der Waals surface area (Å²) < 4.78 is 5.36. The third-order valence-electron chi connectivity index (χ3n) is 4.17. The van der Waals surface area contributed by atoms with Gasteiger partial charge in [-0.3, -0.25) is 9.59 Å². The van der Waals surface area contributed by atoms with Crippen LogP contribution >= 0.6 is 12.4 Å². The molecule has 144 valence electrons. The van der Waals surface area contributed by atoms with Crippen molar-refractivity contribution in [1.82, 2.24) is 10.6 Å². The number of benzene rings is 2. The van der Waals surface area contributed by atoms with Gasteiger partial charge in [-0.2, -0.15) is 0 Å². The number of anilines is 1. The number of rotatable bonds is 6. The zero-order valence-corrected chi connectivity index (χ0v) is 15.8. The topological polar surface area (TPSA) is 79.5 Å². The maximum Gasteiger partial charge on any atom is 0.253 e. The van der Waals surface area contributed by atoms with Gasteiger partial charge in [-0.15, -0.1) is 12.4 Å². The predicted molar refractivity (Wildman–Crippen MR) is 107 cm³/mol. The molecule has 1 unspecified atom stereocenters. The minimum Gasteiger partial charge on any atom is -0.378 e.